The summed E-state index contributed by atoms with van der Waals surface area (Å²) in [6, 6.07) is 12.0. The minimum Gasteiger partial charge on any atom is -0.368 e. The molecule has 1 N–H and O–H groups in total. The number of halogens is 1. The molecule has 4 aliphatic heterocycles. The lowest BCUT2D eigenvalue weighted by Gasteiger charge is -2.36. The number of nitrogens with one attached hydrogen (secondary N) is 1. The number of fused-ring (bicyclic) bond motifs is 4. The second kappa shape index (κ2) is 14.8. The number of aromatic nitrogens is 5. The van der Waals surface area contributed by atoms with E-state index in [2.05, 4.69) is 53.7 Å². The van der Waals surface area contributed by atoms with Gasteiger partial charge in [-0.3, -0.25) is 48.5 Å². The van der Waals surface area contributed by atoms with Crippen molar-refractivity contribution in [3.63, 3.8) is 0 Å². The number of carbonyl (C=O) groups is 4. The molecule has 2 saturated heterocycles. The highest BCUT2D eigenvalue weighted by Gasteiger charge is 2.46. The lowest BCUT2D eigenvalue weighted by Crippen LogP contribution is -2.54. The van der Waals surface area contributed by atoms with Crippen LogP contribution in [0, 0.1) is 25.7 Å². The molecule has 0 spiro atoms. The number of benzene rings is 2. The number of amides is 4. The molecule has 9 rings (SSSR count). The number of anilines is 1. The van der Waals surface area contributed by atoms with Gasteiger partial charge in [-0.25, -0.2) is 0 Å². The third-order valence-electron chi connectivity index (χ3n) is 10.9. The molecule has 0 saturated carbocycles. The molecule has 2 aromatic carbocycles. The van der Waals surface area contributed by atoms with Gasteiger partial charge in [0.15, 0.2) is 5.82 Å². The van der Waals surface area contributed by atoms with E-state index in [9.17, 15) is 19.2 Å². The van der Waals surface area contributed by atoms with Crippen molar-refractivity contribution >= 4 is 58.0 Å². The summed E-state index contributed by atoms with van der Waals surface area (Å²) in [6.45, 7) is 9.05. The predicted molar refractivity (Wildman–Crippen MR) is 214 cm³/mol. The lowest BCUT2D eigenvalue weighted by molar-refractivity contribution is -0.136. The van der Waals surface area contributed by atoms with Gasteiger partial charge in [-0.15, -0.1) is 21.5 Å². The van der Waals surface area contributed by atoms with Gasteiger partial charge in [0.2, 0.25) is 11.8 Å². The highest BCUT2D eigenvalue weighted by molar-refractivity contribution is 7.15. The number of thiophene rings is 1. The molecule has 4 aliphatic rings. The number of rotatable bonds is 7. The van der Waals surface area contributed by atoms with Crippen molar-refractivity contribution < 1.29 is 19.2 Å². The molecular weight excluding hydrogens is 764 g/mol. The summed E-state index contributed by atoms with van der Waals surface area (Å²) in [5.74, 6) is 6.35. The van der Waals surface area contributed by atoms with E-state index < -0.39 is 29.7 Å². The van der Waals surface area contributed by atoms with Gasteiger partial charge < -0.3 is 4.90 Å². The number of piperazine rings is 1. The van der Waals surface area contributed by atoms with Crippen LogP contribution in [0.4, 0.5) is 5.69 Å². The summed E-state index contributed by atoms with van der Waals surface area (Å²) in [5.41, 5.74) is 6.11. The number of nitrogens with zero attached hydrogens (tertiary/aromatic N) is 9. The zero-order valence-electron chi connectivity index (χ0n) is 31.3. The largest absolute Gasteiger partial charge is 0.368 e. The van der Waals surface area contributed by atoms with Crippen molar-refractivity contribution in [3.05, 3.63) is 110 Å². The van der Waals surface area contributed by atoms with Crippen LogP contribution in [-0.2, 0) is 22.7 Å². The second-order valence-corrected chi connectivity index (χ2v) is 15.9. The summed E-state index contributed by atoms with van der Waals surface area (Å²) in [7, 11) is 0. The van der Waals surface area contributed by atoms with Crippen LogP contribution in [0.5, 0.6) is 0 Å². The zero-order valence-corrected chi connectivity index (χ0v) is 32.9. The van der Waals surface area contributed by atoms with Gasteiger partial charge in [-0.05, 0) is 56.5 Å². The van der Waals surface area contributed by atoms with E-state index in [0.29, 0.717) is 41.5 Å². The third kappa shape index (κ3) is 6.73. The van der Waals surface area contributed by atoms with E-state index in [1.807, 2.05) is 48.1 Å². The third-order valence-corrected chi connectivity index (χ3v) is 12.4. The van der Waals surface area contributed by atoms with E-state index in [4.69, 9.17) is 16.6 Å². The Bertz CT molecular complexity index is 2570. The molecule has 1 unspecified atom stereocenters. The summed E-state index contributed by atoms with van der Waals surface area (Å²) in [6.07, 6.45) is 4.89. The molecule has 2 fully saturated rings. The monoisotopic (exact) mass is 800 g/mol. The Hall–Kier alpha value is -5.95. The maximum Gasteiger partial charge on any atom is 0.264 e. The fraction of sp³-hybridized carbons (Fsp3) is 0.317. The quantitative estimate of drug-likeness (QED) is 0.189. The first-order valence-electron chi connectivity index (χ1n) is 18.9. The maximum atomic E-state index is 13.6. The van der Waals surface area contributed by atoms with Crippen molar-refractivity contribution in [2.75, 3.05) is 37.6 Å². The minimum atomic E-state index is -0.988. The molecule has 0 radical (unpaired) electrons. The van der Waals surface area contributed by atoms with Crippen molar-refractivity contribution in [1.82, 2.24) is 39.7 Å². The van der Waals surface area contributed by atoms with Crippen LogP contribution in [0.3, 0.4) is 0 Å². The topological polar surface area (TPSA) is 151 Å². The maximum absolute atomic E-state index is 13.6. The van der Waals surface area contributed by atoms with E-state index in [1.54, 1.807) is 29.7 Å². The van der Waals surface area contributed by atoms with E-state index in [-0.39, 0.29) is 12.8 Å². The van der Waals surface area contributed by atoms with Gasteiger partial charge in [-0.2, -0.15) is 5.10 Å². The minimum absolute atomic E-state index is 0.0852. The number of aryl methyl sites for hydroxylation is 2. The van der Waals surface area contributed by atoms with Crippen molar-refractivity contribution in [1.29, 1.82) is 0 Å². The fourth-order valence-corrected chi connectivity index (χ4v) is 9.36. The number of imide groups is 2. The lowest BCUT2D eigenvalue weighted by atomic mass is 10.00. The first kappa shape index (κ1) is 36.7. The molecule has 16 heteroatoms. The van der Waals surface area contributed by atoms with E-state index >= 15 is 0 Å². The van der Waals surface area contributed by atoms with Crippen LogP contribution < -0.4 is 10.2 Å². The number of aliphatic imine (C=N–C) groups is 1. The van der Waals surface area contributed by atoms with Gasteiger partial charge in [-0.1, -0.05) is 41.6 Å². The highest BCUT2D eigenvalue weighted by atomic mass is 35.5. The van der Waals surface area contributed by atoms with Gasteiger partial charge in [0.1, 0.15) is 23.4 Å². The Labute approximate surface area is 337 Å². The van der Waals surface area contributed by atoms with Crippen LogP contribution >= 0.6 is 22.9 Å². The molecular formula is C41H37ClN10O4S. The van der Waals surface area contributed by atoms with E-state index in [0.717, 1.165) is 87.0 Å². The van der Waals surface area contributed by atoms with Gasteiger partial charge in [0.25, 0.3) is 11.8 Å². The predicted octanol–water partition coefficient (Wildman–Crippen LogP) is 4.16. The Kier molecular flexibility index (Phi) is 9.55. The number of piperidine rings is 1. The summed E-state index contributed by atoms with van der Waals surface area (Å²) in [5, 5.41) is 17.2. The number of carbonyl (C=O) groups excluding carboxylic acids is 4. The van der Waals surface area contributed by atoms with Crippen molar-refractivity contribution in [2.24, 2.45) is 4.99 Å². The number of hydrogen-bond acceptors (Lipinski definition) is 11. The SMILES string of the molecule is Cc1c(C#Cc2cnn(CCCN3CCN(c4cccc5c4C(=O)N(C4CCC(=O)NC4=O)C5=O)CC3)c2)sc2c1C(c1ccc(Cl)cc1)=NCc1nnc(C)n1-2. The molecule has 4 amide bonds. The molecule has 0 aliphatic carbocycles. The average Bonchev–Trinajstić information content (AvgIpc) is 3.94. The normalized spacial score (nSPS) is 18.1. The summed E-state index contributed by atoms with van der Waals surface area (Å²) in [4.78, 5) is 62.6. The summed E-state index contributed by atoms with van der Waals surface area (Å²) >= 11 is 7.82. The zero-order chi connectivity index (χ0) is 39.4. The molecule has 0 bridgehead atoms. The molecule has 3 aromatic heterocycles. The van der Waals surface area contributed by atoms with Crippen LogP contribution in [0.25, 0.3) is 5.00 Å². The smallest absolute Gasteiger partial charge is 0.264 e. The van der Waals surface area contributed by atoms with Crippen molar-refractivity contribution in [2.45, 2.75) is 52.2 Å². The fourth-order valence-electron chi connectivity index (χ4n) is 8.01. The molecule has 1 atom stereocenters. The second-order valence-electron chi connectivity index (χ2n) is 14.5. The van der Waals surface area contributed by atoms with Gasteiger partial charge in [0, 0.05) is 68.0 Å². The van der Waals surface area contributed by atoms with Crippen LogP contribution in [-0.4, -0.2) is 102 Å². The first-order chi connectivity index (χ1) is 27.6. The molecule has 7 heterocycles. The Morgan fingerprint density at radius 2 is 1.74 bits per heavy atom. The summed E-state index contributed by atoms with van der Waals surface area (Å²) < 4.78 is 4.01. The Morgan fingerprint density at radius 1 is 0.930 bits per heavy atom. The van der Waals surface area contributed by atoms with Gasteiger partial charge >= 0.3 is 0 Å². The Morgan fingerprint density at radius 3 is 2.53 bits per heavy atom. The first-order valence-corrected chi connectivity index (χ1v) is 20.1. The molecule has 5 aromatic rings. The van der Waals surface area contributed by atoms with Crippen LogP contribution in [0.1, 0.15) is 78.8 Å². The van der Waals surface area contributed by atoms with Crippen LogP contribution in [0.15, 0.2) is 59.9 Å². The van der Waals surface area contributed by atoms with E-state index in [1.165, 1.54) is 0 Å². The number of hydrogen-bond donors (Lipinski definition) is 1. The van der Waals surface area contributed by atoms with Crippen molar-refractivity contribution in [3.8, 4) is 16.8 Å². The molecule has 57 heavy (non-hydrogen) atoms. The molecule has 288 valence electrons. The highest BCUT2D eigenvalue weighted by Crippen LogP contribution is 2.37. The van der Waals surface area contributed by atoms with Gasteiger partial charge in [0.05, 0.1) is 39.2 Å². The average molecular weight is 801 g/mol. The Balaban J connectivity index is 0.827. The standard InChI is InChI=1S/C41H37ClN10O4S/c1-24-32(57-41-35(24)37(27-8-10-28(42)11-9-27)43-22-33-47-46-25(2)51(33)41)13-7-26-21-44-50(23-26)16-4-15-48-17-19-49(20-18-48)30-6-3-5-29-36(30)40(56)52(39(29)55)31-12-14-34(53)45-38(31)54/h3,5-6,8-11,21,23,31H,4,12,14-20,22H2,1-2H3,(H,45,53,54). The molecule has 14 nitrogen and oxygen atoms in total. The van der Waals surface area contributed by atoms with Crippen LogP contribution in [0.2, 0.25) is 5.02 Å².